The van der Waals surface area contributed by atoms with Gasteiger partial charge in [0.25, 0.3) is 0 Å². The molecule has 4 nitrogen and oxygen atoms in total. The molecule has 18 heavy (non-hydrogen) atoms. The number of halogens is 1. The minimum Gasteiger partial charge on any atom is -0.378 e. The van der Waals surface area contributed by atoms with Crippen LogP contribution in [0.5, 0.6) is 0 Å². The van der Waals surface area contributed by atoms with Crippen molar-refractivity contribution in [2.24, 2.45) is 0 Å². The van der Waals surface area contributed by atoms with E-state index in [9.17, 15) is 0 Å². The molecule has 0 aliphatic carbocycles. The normalized spacial score (nSPS) is 10.7. The molecule has 5 heteroatoms. The molecule has 0 aliphatic rings. The van der Waals surface area contributed by atoms with Gasteiger partial charge in [0.05, 0.1) is 12.1 Å². The lowest BCUT2D eigenvalue weighted by Crippen LogP contribution is -2.00. The molecule has 2 aromatic heterocycles. The van der Waals surface area contributed by atoms with E-state index in [1.807, 2.05) is 36.4 Å². The Labute approximate surface area is 113 Å². The van der Waals surface area contributed by atoms with E-state index < -0.39 is 0 Å². The van der Waals surface area contributed by atoms with Gasteiger partial charge in [0.1, 0.15) is 5.82 Å². The van der Waals surface area contributed by atoms with Gasteiger partial charge in [-0.25, -0.2) is 9.97 Å². The van der Waals surface area contributed by atoms with Gasteiger partial charge in [0, 0.05) is 16.4 Å². The van der Waals surface area contributed by atoms with Crippen LogP contribution in [0.25, 0.3) is 11.2 Å². The number of aromatic nitrogens is 3. The quantitative estimate of drug-likeness (QED) is 0.780. The minimum absolute atomic E-state index is 0.651. The van der Waals surface area contributed by atoms with Crippen molar-refractivity contribution in [2.75, 3.05) is 5.32 Å². The first kappa shape index (κ1) is 11.2. The molecule has 0 atom stereocenters. The van der Waals surface area contributed by atoms with Crippen LogP contribution in [0.15, 0.2) is 47.1 Å². The highest BCUT2D eigenvalue weighted by atomic mass is 79.9. The standard InChI is InChI=1S/C13H11BrN4/c14-9-6-11-13(16-7-9)18-12(17-11)8-15-10-4-2-1-3-5-10/h1-7,15H,8H2,(H,16,17,18). The summed E-state index contributed by atoms with van der Waals surface area (Å²) >= 11 is 3.39. The van der Waals surface area contributed by atoms with Crippen molar-refractivity contribution < 1.29 is 0 Å². The summed E-state index contributed by atoms with van der Waals surface area (Å²) in [7, 11) is 0. The molecule has 2 N–H and O–H groups in total. The number of rotatable bonds is 3. The third-order valence-corrected chi connectivity index (χ3v) is 3.02. The van der Waals surface area contributed by atoms with E-state index in [1.165, 1.54) is 0 Å². The molecule has 0 bridgehead atoms. The molecule has 0 amide bonds. The number of nitrogens with one attached hydrogen (secondary N) is 2. The van der Waals surface area contributed by atoms with Crippen LogP contribution in [0.2, 0.25) is 0 Å². The van der Waals surface area contributed by atoms with Gasteiger partial charge in [-0.2, -0.15) is 0 Å². The summed E-state index contributed by atoms with van der Waals surface area (Å²) in [5.74, 6) is 0.874. The maximum absolute atomic E-state index is 4.42. The Morgan fingerprint density at radius 1 is 1.22 bits per heavy atom. The smallest absolute Gasteiger partial charge is 0.177 e. The average Bonchev–Trinajstić information content (AvgIpc) is 2.79. The van der Waals surface area contributed by atoms with E-state index >= 15 is 0 Å². The number of hydrogen-bond donors (Lipinski definition) is 2. The highest BCUT2D eigenvalue weighted by Crippen LogP contribution is 2.15. The molecule has 0 unspecified atom stereocenters. The maximum Gasteiger partial charge on any atom is 0.177 e. The predicted molar refractivity (Wildman–Crippen MR) is 75.4 cm³/mol. The first-order chi connectivity index (χ1) is 8.81. The summed E-state index contributed by atoms with van der Waals surface area (Å²) in [5, 5.41) is 3.30. The zero-order chi connectivity index (χ0) is 12.4. The van der Waals surface area contributed by atoms with Crippen LogP contribution in [0.1, 0.15) is 5.82 Å². The van der Waals surface area contributed by atoms with Gasteiger partial charge < -0.3 is 10.3 Å². The van der Waals surface area contributed by atoms with Gasteiger partial charge >= 0.3 is 0 Å². The van der Waals surface area contributed by atoms with Gasteiger partial charge in [-0.15, -0.1) is 0 Å². The largest absolute Gasteiger partial charge is 0.378 e. The summed E-state index contributed by atoms with van der Waals surface area (Å²) in [6, 6.07) is 12.0. The van der Waals surface area contributed by atoms with Crippen LogP contribution in [0, 0.1) is 0 Å². The zero-order valence-corrected chi connectivity index (χ0v) is 11.1. The number of imidazole rings is 1. The Bertz CT molecular complexity index is 663. The van der Waals surface area contributed by atoms with Crippen molar-refractivity contribution in [3.63, 3.8) is 0 Å². The van der Waals surface area contributed by atoms with Crippen molar-refractivity contribution in [1.29, 1.82) is 0 Å². The molecule has 1 aromatic carbocycles. The summed E-state index contributed by atoms with van der Waals surface area (Å²) < 4.78 is 0.946. The summed E-state index contributed by atoms with van der Waals surface area (Å²) in [4.78, 5) is 11.9. The number of nitrogens with zero attached hydrogens (tertiary/aromatic N) is 2. The fourth-order valence-corrected chi connectivity index (χ4v) is 2.08. The monoisotopic (exact) mass is 302 g/mol. The second-order valence-corrected chi connectivity index (χ2v) is 4.84. The van der Waals surface area contributed by atoms with Crippen LogP contribution in [0.3, 0.4) is 0 Å². The number of H-pyrrole nitrogens is 1. The third kappa shape index (κ3) is 2.36. The molecule has 0 aliphatic heterocycles. The summed E-state index contributed by atoms with van der Waals surface area (Å²) in [5.41, 5.74) is 2.75. The Kier molecular flexibility index (Phi) is 2.98. The Morgan fingerprint density at radius 2 is 2.06 bits per heavy atom. The number of hydrogen-bond acceptors (Lipinski definition) is 3. The number of para-hydroxylation sites is 1. The average molecular weight is 303 g/mol. The second-order valence-electron chi connectivity index (χ2n) is 3.93. The topological polar surface area (TPSA) is 53.6 Å². The van der Waals surface area contributed by atoms with Crippen molar-refractivity contribution >= 4 is 32.8 Å². The molecule has 0 saturated heterocycles. The molecule has 0 saturated carbocycles. The molecule has 0 fully saturated rings. The van der Waals surface area contributed by atoms with E-state index in [4.69, 9.17) is 0 Å². The molecule has 90 valence electrons. The van der Waals surface area contributed by atoms with E-state index in [2.05, 4.69) is 36.2 Å². The molecule has 2 heterocycles. The highest BCUT2D eigenvalue weighted by Gasteiger charge is 2.03. The van der Waals surface area contributed by atoms with Crippen molar-refractivity contribution in [3.05, 3.63) is 52.9 Å². The number of anilines is 1. The van der Waals surface area contributed by atoms with Crippen LogP contribution in [0.4, 0.5) is 5.69 Å². The third-order valence-electron chi connectivity index (χ3n) is 2.59. The lowest BCUT2D eigenvalue weighted by molar-refractivity contribution is 1.01. The minimum atomic E-state index is 0.651. The lowest BCUT2D eigenvalue weighted by atomic mass is 10.3. The molecule has 0 spiro atoms. The summed E-state index contributed by atoms with van der Waals surface area (Å²) in [6.07, 6.45) is 1.75. The van der Waals surface area contributed by atoms with Crippen molar-refractivity contribution in [1.82, 2.24) is 15.0 Å². The van der Waals surface area contributed by atoms with Crippen LogP contribution in [-0.2, 0) is 6.54 Å². The van der Waals surface area contributed by atoms with Crippen molar-refractivity contribution in [3.8, 4) is 0 Å². The molecular weight excluding hydrogens is 292 g/mol. The van der Waals surface area contributed by atoms with E-state index in [1.54, 1.807) is 6.20 Å². The summed E-state index contributed by atoms with van der Waals surface area (Å²) in [6.45, 7) is 0.651. The van der Waals surface area contributed by atoms with Gasteiger partial charge in [-0.05, 0) is 34.1 Å². The second kappa shape index (κ2) is 4.78. The molecule has 3 aromatic rings. The fraction of sp³-hybridized carbons (Fsp3) is 0.0769. The Balaban J connectivity index is 1.79. The van der Waals surface area contributed by atoms with Crippen LogP contribution in [-0.4, -0.2) is 15.0 Å². The fourth-order valence-electron chi connectivity index (χ4n) is 1.75. The maximum atomic E-state index is 4.42. The molecular formula is C13H11BrN4. The first-order valence-corrected chi connectivity index (χ1v) is 6.39. The SMILES string of the molecule is Brc1cnc2nc(CNc3ccccc3)[nH]c2c1. The molecule has 0 radical (unpaired) electrons. The number of benzene rings is 1. The van der Waals surface area contributed by atoms with Gasteiger partial charge in [0.15, 0.2) is 5.65 Å². The predicted octanol–water partition coefficient (Wildman–Crippen LogP) is 3.33. The van der Waals surface area contributed by atoms with Gasteiger partial charge in [-0.1, -0.05) is 18.2 Å². The van der Waals surface area contributed by atoms with Gasteiger partial charge in [0.2, 0.25) is 0 Å². The number of aromatic amines is 1. The number of pyridine rings is 1. The zero-order valence-electron chi connectivity index (χ0n) is 9.52. The highest BCUT2D eigenvalue weighted by molar-refractivity contribution is 9.10. The Morgan fingerprint density at radius 3 is 2.89 bits per heavy atom. The first-order valence-electron chi connectivity index (χ1n) is 5.60. The number of fused-ring (bicyclic) bond motifs is 1. The van der Waals surface area contributed by atoms with E-state index in [-0.39, 0.29) is 0 Å². The van der Waals surface area contributed by atoms with Gasteiger partial charge in [-0.3, -0.25) is 0 Å². The van der Waals surface area contributed by atoms with Crippen LogP contribution >= 0.6 is 15.9 Å². The van der Waals surface area contributed by atoms with E-state index in [0.29, 0.717) is 6.54 Å². The lowest BCUT2D eigenvalue weighted by Gasteiger charge is -2.02. The van der Waals surface area contributed by atoms with Crippen LogP contribution < -0.4 is 5.32 Å². The van der Waals surface area contributed by atoms with Crippen molar-refractivity contribution in [2.45, 2.75) is 6.54 Å². The van der Waals surface area contributed by atoms with E-state index in [0.717, 1.165) is 27.1 Å². The Hall–Kier alpha value is -1.88. The molecule has 3 rings (SSSR count).